The molecule has 1 fully saturated rings. The maximum atomic E-state index is 12.7. The van der Waals surface area contributed by atoms with Gasteiger partial charge in [0.2, 0.25) is 0 Å². The van der Waals surface area contributed by atoms with Crippen LogP contribution >= 0.6 is 0 Å². The van der Waals surface area contributed by atoms with E-state index in [9.17, 15) is 14.4 Å². The fourth-order valence-corrected chi connectivity index (χ4v) is 3.49. The summed E-state index contributed by atoms with van der Waals surface area (Å²) in [4.78, 5) is 42.0. The van der Waals surface area contributed by atoms with E-state index in [0.29, 0.717) is 0 Å². The Morgan fingerprint density at radius 3 is 2.36 bits per heavy atom. The molecule has 0 N–H and O–H groups in total. The molecule has 3 atom stereocenters. The number of carbonyl (C=O) groups excluding carboxylic acids is 3. The second kappa shape index (κ2) is 9.28. The number of ether oxygens (including phenoxy) is 1. The molecule has 2 aromatic rings. The van der Waals surface area contributed by atoms with Crippen LogP contribution in [0.3, 0.4) is 0 Å². The fraction of sp³-hybridized carbons (Fsp3) is 0.318. The Bertz CT molecular complexity index is 808. The zero-order valence-electron chi connectivity index (χ0n) is 15.7. The van der Waals surface area contributed by atoms with E-state index >= 15 is 0 Å². The molecule has 0 saturated carbocycles. The lowest BCUT2D eigenvalue weighted by molar-refractivity contribution is -0.221. The molecule has 6 heteroatoms. The van der Waals surface area contributed by atoms with Gasteiger partial charge in [0.25, 0.3) is 0 Å². The minimum absolute atomic E-state index is 0.0210. The molecule has 1 heterocycles. The van der Waals surface area contributed by atoms with Gasteiger partial charge in [-0.05, 0) is 18.1 Å². The third-order valence-electron chi connectivity index (χ3n) is 4.82. The molecule has 6 nitrogen and oxygen atoms in total. The third kappa shape index (κ3) is 4.64. The highest BCUT2D eigenvalue weighted by Crippen LogP contribution is 2.39. The quantitative estimate of drug-likeness (QED) is 0.713. The van der Waals surface area contributed by atoms with Gasteiger partial charge in [-0.25, -0.2) is 4.79 Å². The molecule has 0 aliphatic carbocycles. The van der Waals surface area contributed by atoms with Gasteiger partial charge in [0.15, 0.2) is 0 Å². The van der Waals surface area contributed by atoms with Gasteiger partial charge in [-0.1, -0.05) is 60.7 Å². The molecular formula is C22H23NO5. The number of hydrogen-bond donors (Lipinski definition) is 0. The van der Waals surface area contributed by atoms with Gasteiger partial charge >= 0.3 is 6.09 Å². The minimum atomic E-state index is -0.661. The van der Waals surface area contributed by atoms with Crippen molar-refractivity contribution < 1.29 is 24.0 Å². The number of ketones is 1. The van der Waals surface area contributed by atoms with Crippen molar-refractivity contribution in [3.63, 3.8) is 0 Å². The molecule has 1 aliphatic heterocycles. The van der Waals surface area contributed by atoms with Gasteiger partial charge < -0.3 is 14.3 Å². The van der Waals surface area contributed by atoms with Crippen molar-refractivity contribution in [2.75, 3.05) is 6.61 Å². The number of hydrogen-bond acceptors (Lipinski definition) is 5. The third-order valence-corrected chi connectivity index (χ3v) is 4.82. The van der Waals surface area contributed by atoms with E-state index in [0.717, 1.165) is 22.5 Å². The number of nitrogens with zero attached hydrogens (tertiary/aromatic N) is 1. The molecule has 3 rings (SSSR count). The van der Waals surface area contributed by atoms with Crippen molar-refractivity contribution >= 4 is 18.2 Å². The second-order valence-electron chi connectivity index (χ2n) is 6.90. The number of amides is 1. The smallest absolute Gasteiger partial charge is 0.434 e. The SMILES string of the molecule is CC(=O)C[C@@H]1CON(C(=O)OCc2ccccc2)[C@H](c2ccccc2)[C@H]1C=O. The van der Waals surface area contributed by atoms with E-state index < -0.39 is 18.1 Å². The fourth-order valence-electron chi connectivity index (χ4n) is 3.49. The number of benzene rings is 2. The van der Waals surface area contributed by atoms with Crippen LogP contribution < -0.4 is 0 Å². The lowest BCUT2D eigenvalue weighted by atomic mass is 9.80. The van der Waals surface area contributed by atoms with E-state index in [1.54, 1.807) is 0 Å². The standard InChI is InChI=1S/C22H23NO5/c1-16(25)12-19-15-28-23(22(26)27-14-17-8-4-2-5-9-17)21(20(19)13-24)18-10-6-3-7-11-18/h2-11,13,19-21H,12,14-15H2,1H3/t19-,20+,21-/m1/s1. The molecule has 1 aliphatic rings. The summed E-state index contributed by atoms with van der Waals surface area (Å²) in [6, 6.07) is 17.9. The first-order valence-corrected chi connectivity index (χ1v) is 9.22. The van der Waals surface area contributed by atoms with Gasteiger partial charge in [-0.15, -0.1) is 0 Å². The summed E-state index contributed by atoms with van der Waals surface area (Å²) in [7, 11) is 0. The van der Waals surface area contributed by atoms with Crippen LogP contribution in [-0.4, -0.2) is 29.8 Å². The van der Waals surface area contributed by atoms with Crippen molar-refractivity contribution in [2.24, 2.45) is 11.8 Å². The minimum Gasteiger partial charge on any atom is -0.443 e. The van der Waals surface area contributed by atoms with Crippen molar-refractivity contribution in [2.45, 2.75) is 26.0 Å². The molecular weight excluding hydrogens is 358 g/mol. The Hall–Kier alpha value is -2.99. The summed E-state index contributed by atoms with van der Waals surface area (Å²) >= 11 is 0. The van der Waals surface area contributed by atoms with Gasteiger partial charge in [0.1, 0.15) is 18.7 Å². The molecule has 1 amide bonds. The number of carbonyl (C=O) groups is 3. The van der Waals surface area contributed by atoms with Gasteiger partial charge in [0, 0.05) is 18.3 Å². The molecule has 0 unspecified atom stereocenters. The normalized spacial score (nSPS) is 21.8. The van der Waals surface area contributed by atoms with E-state index in [-0.39, 0.29) is 31.3 Å². The molecule has 2 aromatic carbocycles. The summed E-state index contributed by atoms with van der Waals surface area (Å²) in [5.41, 5.74) is 1.61. The topological polar surface area (TPSA) is 72.9 Å². The van der Waals surface area contributed by atoms with Crippen LogP contribution in [0.2, 0.25) is 0 Å². The highest BCUT2D eigenvalue weighted by molar-refractivity contribution is 5.76. The summed E-state index contributed by atoms with van der Waals surface area (Å²) in [5.74, 6) is -0.880. The lowest BCUT2D eigenvalue weighted by Gasteiger charge is -2.41. The Morgan fingerprint density at radius 1 is 1.11 bits per heavy atom. The van der Waals surface area contributed by atoms with Crippen LogP contribution in [0, 0.1) is 11.8 Å². The molecule has 1 saturated heterocycles. The van der Waals surface area contributed by atoms with Crippen LogP contribution in [0.15, 0.2) is 60.7 Å². The van der Waals surface area contributed by atoms with Crippen LogP contribution in [-0.2, 0) is 25.8 Å². The first kappa shape index (κ1) is 19.8. The predicted molar refractivity (Wildman–Crippen MR) is 102 cm³/mol. The Morgan fingerprint density at radius 2 is 1.75 bits per heavy atom. The van der Waals surface area contributed by atoms with E-state index in [2.05, 4.69) is 0 Å². The first-order chi connectivity index (χ1) is 13.6. The van der Waals surface area contributed by atoms with Crippen LogP contribution in [0.5, 0.6) is 0 Å². The van der Waals surface area contributed by atoms with Gasteiger partial charge in [0.05, 0.1) is 12.6 Å². The zero-order valence-corrected chi connectivity index (χ0v) is 15.7. The summed E-state index contributed by atoms with van der Waals surface area (Å²) in [6.07, 6.45) is 0.371. The lowest BCUT2D eigenvalue weighted by Crippen LogP contribution is -2.48. The van der Waals surface area contributed by atoms with Crippen molar-refractivity contribution in [1.82, 2.24) is 5.06 Å². The number of rotatable bonds is 6. The highest BCUT2D eigenvalue weighted by Gasteiger charge is 2.43. The van der Waals surface area contributed by atoms with E-state index in [1.807, 2.05) is 60.7 Å². The zero-order chi connectivity index (χ0) is 19.9. The Labute approximate surface area is 164 Å². The van der Waals surface area contributed by atoms with Gasteiger partial charge in [-0.2, -0.15) is 5.06 Å². The maximum absolute atomic E-state index is 12.7. The summed E-state index contributed by atoms with van der Waals surface area (Å²) < 4.78 is 5.41. The summed E-state index contributed by atoms with van der Waals surface area (Å²) in [5, 5.41) is 1.13. The average Bonchev–Trinajstić information content (AvgIpc) is 2.72. The predicted octanol–water partition coefficient (Wildman–Crippen LogP) is 3.72. The molecule has 0 bridgehead atoms. The number of Topliss-reactive ketones (excluding diaryl/α,β-unsaturated/α-hetero) is 1. The van der Waals surface area contributed by atoms with Crippen molar-refractivity contribution in [1.29, 1.82) is 0 Å². The van der Waals surface area contributed by atoms with Crippen LogP contribution in [0.4, 0.5) is 4.79 Å². The van der Waals surface area contributed by atoms with Crippen LogP contribution in [0.1, 0.15) is 30.5 Å². The second-order valence-corrected chi connectivity index (χ2v) is 6.90. The average molecular weight is 381 g/mol. The summed E-state index contributed by atoms with van der Waals surface area (Å²) in [6.45, 7) is 1.69. The Kier molecular flexibility index (Phi) is 6.55. The first-order valence-electron chi connectivity index (χ1n) is 9.22. The molecule has 0 spiro atoms. The van der Waals surface area contributed by atoms with Crippen molar-refractivity contribution in [3.05, 3.63) is 71.8 Å². The number of aldehydes is 1. The molecule has 0 radical (unpaired) electrons. The van der Waals surface area contributed by atoms with Gasteiger partial charge in [-0.3, -0.25) is 4.84 Å². The molecule has 28 heavy (non-hydrogen) atoms. The number of hydroxylamine groups is 2. The molecule has 0 aromatic heterocycles. The maximum Gasteiger partial charge on any atom is 0.434 e. The monoisotopic (exact) mass is 381 g/mol. The van der Waals surface area contributed by atoms with E-state index in [1.165, 1.54) is 6.92 Å². The molecule has 146 valence electrons. The Balaban J connectivity index is 1.82. The van der Waals surface area contributed by atoms with E-state index in [4.69, 9.17) is 9.57 Å². The van der Waals surface area contributed by atoms with Crippen LogP contribution in [0.25, 0.3) is 0 Å². The largest absolute Gasteiger partial charge is 0.443 e. The van der Waals surface area contributed by atoms with Crippen molar-refractivity contribution in [3.8, 4) is 0 Å². The highest BCUT2D eigenvalue weighted by atomic mass is 16.7.